The Morgan fingerprint density at radius 2 is 1.76 bits per heavy atom. The maximum Gasteiger partial charge on any atom is 0.242 e. The first kappa shape index (κ1) is 17.5. The van der Waals surface area contributed by atoms with Gasteiger partial charge < -0.3 is 11.1 Å². The van der Waals surface area contributed by atoms with Gasteiger partial charge in [-0.05, 0) is 44.4 Å². The van der Waals surface area contributed by atoms with Crippen LogP contribution in [-0.2, 0) is 14.6 Å². The van der Waals surface area contributed by atoms with E-state index in [1.807, 2.05) is 13.8 Å². The summed E-state index contributed by atoms with van der Waals surface area (Å²) in [5.41, 5.74) is 7.60. The normalized spacial score (nSPS) is 14.8. The number of nitrogens with two attached hydrogens (primary N) is 1. The van der Waals surface area contributed by atoms with Crippen molar-refractivity contribution >= 4 is 27.1 Å². The summed E-state index contributed by atoms with van der Waals surface area (Å²) in [5.74, 6) is -0.574. The molecule has 2 unspecified atom stereocenters. The molecule has 1 amide bonds. The van der Waals surface area contributed by atoms with Gasteiger partial charge >= 0.3 is 0 Å². The molecule has 0 spiro atoms. The maximum atomic E-state index is 12.4. The minimum absolute atomic E-state index is 0.0423. The number of benzene rings is 1. The zero-order chi connectivity index (χ0) is 16.4. The standard InChI is InChI=1S/C15H24N2O3S/c1-9(2)11(4)21(19,20)12(5)15(18)17-14-8-6-7-13(16)10(14)3/h6-9,11-12H,16H2,1-5H3,(H,17,18). The summed E-state index contributed by atoms with van der Waals surface area (Å²) in [4.78, 5) is 12.2. The van der Waals surface area contributed by atoms with Gasteiger partial charge in [-0.3, -0.25) is 4.79 Å². The third-order valence-corrected chi connectivity index (χ3v) is 6.73. The molecule has 6 heteroatoms. The Morgan fingerprint density at radius 1 is 1.19 bits per heavy atom. The van der Waals surface area contributed by atoms with E-state index in [9.17, 15) is 13.2 Å². The van der Waals surface area contributed by atoms with Crippen molar-refractivity contribution in [1.29, 1.82) is 0 Å². The average molecular weight is 312 g/mol. The second-order valence-electron chi connectivity index (χ2n) is 5.69. The monoisotopic (exact) mass is 312 g/mol. The highest BCUT2D eigenvalue weighted by Crippen LogP contribution is 2.22. The van der Waals surface area contributed by atoms with Gasteiger partial charge in [-0.25, -0.2) is 8.42 Å². The molecule has 2 atom stereocenters. The number of hydrogen-bond acceptors (Lipinski definition) is 4. The summed E-state index contributed by atoms with van der Waals surface area (Å²) in [5, 5.41) is 0.982. The van der Waals surface area contributed by atoms with Crippen molar-refractivity contribution in [3.63, 3.8) is 0 Å². The van der Waals surface area contributed by atoms with Crippen molar-refractivity contribution in [2.75, 3.05) is 11.1 Å². The lowest BCUT2D eigenvalue weighted by atomic mass is 10.1. The molecule has 1 aromatic rings. The molecule has 0 aromatic heterocycles. The van der Waals surface area contributed by atoms with E-state index in [0.717, 1.165) is 5.56 Å². The van der Waals surface area contributed by atoms with Crippen LogP contribution in [-0.4, -0.2) is 24.8 Å². The van der Waals surface area contributed by atoms with Crippen LogP contribution in [0, 0.1) is 12.8 Å². The molecule has 0 radical (unpaired) electrons. The van der Waals surface area contributed by atoms with Gasteiger partial charge in [0, 0.05) is 11.4 Å². The Hall–Kier alpha value is -1.56. The van der Waals surface area contributed by atoms with Crippen molar-refractivity contribution in [2.45, 2.75) is 45.1 Å². The molecule has 0 saturated carbocycles. The van der Waals surface area contributed by atoms with Crippen LogP contribution < -0.4 is 11.1 Å². The van der Waals surface area contributed by atoms with Crippen LogP contribution in [0.4, 0.5) is 11.4 Å². The second kappa shape index (κ2) is 6.47. The van der Waals surface area contributed by atoms with Crippen LogP contribution in [0.1, 0.15) is 33.3 Å². The molecule has 0 aliphatic heterocycles. The van der Waals surface area contributed by atoms with Crippen LogP contribution >= 0.6 is 0 Å². The van der Waals surface area contributed by atoms with E-state index in [4.69, 9.17) is 5.73 Å². The lowest BCUT2D eigenvalue weighted by molar-refractivity contribution is -0.115. The molecular formula is C15H24N2O3S. The SMILES string of the molecule is Cc1c(N)cccc1NC(=O)C(C)S(=O)(=O)C(C)C(C)C. The maximum absolute atomic E-state index is 12.4. The molecule has 3 N–H and O–H groups in total. The van der Waals surface area contributed by atoms with Gasteiger partial charge in [-0.15, -0.1) is 0 Å². The molecule has 0 heterocycles. The third kappa shape index (κ3) is 3.75. The Labute approximate surface area is 126 Å². The average Bonchev–Trinajstić information content (AvgIpc) is 2.41. The molecule has 21 heavy (non-hydrogen) atoms. The van der Waals surface area contributed by atoms with Crippen molar-refractivity contribution in [1.82, 2.24) is 0 Å². The van der Waals surface area contributed by atoms with Crippen LogP contribution in [0.2, 0.25) is 0 Å². The smallest absolute Gasteiger partial charge is 0.242 e. The summed E-state index contributed by atoms with van der Waals surface area (Å²) < 4.78 is 24.7. The predicted octanol–water partition coefficient (Wildman–Crippen LogP) is 2.36. The molecule has 1 rings (SSSR count). The summed E-state index contributed by atoms with van der Waals surface area (Å²) in [6, 6.07) is 5.15. The Morgan fingerprint density at radius 3 is 2.29 bits per heavy atom. The summed E-state index contributed by atoms with van der Waals surface area (Å²) in [7, 11) is -3.52. The lowest BCUT2D eigenvalue weighted by Crippen LogP contribution is -2.39. The second-order valence-corrected chi connectivity index (χ2v) is 8.32. The molecule has 1 aromatic carbocycles. The molecule has 5 nitrogen and oxygen atoms in total. The molecular weight excluding hydrogens is 288 g/mol. The number of hydrogen-bond donors (Lipinski definition) is 2. The van der Waals surface area contributed by atoms with Crippen LogP contribution in [0.5, 0.6) is 0 Å². The van der Waals surface area contributed by atoms with Gasteiger partial charge in [0.2, 0.25) is 5.91 Å². The minimum Gasteiger partial charge on any atom is -0.398 e. The Kier molecular flexibility index (Phi) is 5.39. The van der Waals surface area contributed by atoms with Gasteiger partial charge in [0.1, 0.15) is 5.25 Å². The van der Waals surface area contributed by atoms with Gasteiger partial charge in [0.15, 0.2) is 9.84 Å². The first-order valence-electron chi connectivity index (χ1n) is 6.97. The first-order valence-corrected chi connectivity index (χ1v) is 8.58. The molecule has 0 fully saturated rings. The largest absolute Gasteiger partial charge is 0.398 e. The van der Waals surface area contributed by atoms with Crippen molar-refractivity contribution in [2.24, 2.45) is 5.92 Å². The van der Waals surface area contributed by atoms with Crippen LogP contribution in [0.3, 0.4) is 0 Å². The number of nitrogens with one attached hydrogen (secondary N) is 1. The number of carbonyl (C=O) groups is 1. The number of sulfone groups is 1. The van der Waals surface area contributed by atoms with Gasteiger partial charge in [-0.1, -0.05) is 19.9 Å². The zero-order valence-corrected chi connectivity index (χ0v) is 14.0. The van der Waals surface area contributed by atoms with E-state index in [1.54, 1.807) is 32.0 Å². The van der Waals surface area contributed by atoms with Crippen molar-refractivity contribution in [3.05, 3.63) is 23.8 Å². The highest BCUT2D eigenvalue weighted by molar-refractivity contribution is 7.93. The molecule has 118 valence electrons. The van der Waals surface area contributed by atoms with E-state index in [2.05, 4.69) is 5.32 Å². The summed E-state index contributed by atoms with van der Waals surface area (Å²) >= 11 is 0. The Balaban J connectivity index is 2.97. The molecule has 0 aliphatic carbocycles. The van der Waals surface area contributed by atoms with E-state index < -0.39 is 26.2 Å². The molecule has 0 saturated heterocycles. The third-order valence-electron chi connectivity index (χ3n) is 3.95. The highest BCUT2D eigenvalue weighted by atomic mass is 32.2. The minimum atomic E-state index is -3.52. The molecule has 0 bridgehead atoms. The fourth-order valence-electron chi connectivity index (χ4n) is 1.87. The number of rotatable bonds is 5. The fourth-order valence-corrected chi connectivity index (χ4v) is 3.63. The highest BCUT2D eigenvalue weighted by Gasteiger charge is 2.34. The summed E-state index contributed by atoms with van der Waals surface area (Å²) in [6.07, 6.45) is 0. The Bertz CT molecular complexity index is 624. The van der Waals surface area contributed by atoms with Crippen molar-refractivity contribution in [3.8, 4) is 0 Å². The first-order chi connectivity index (χ1) is 9.59. The summed E-state index contributed by atoms with van der Waals surface area (Å²) in [6.45, 7) is 8.49. The van der Waals surface area contributed by atoms with Crippen LogP contribution in [0.15, 0.2) is 18.2 Å². The van der Waals surface area contributed by atoms with E-state index >= 15 is 0 Å². The molecule has 0 aliphatic rings. The lowest BCUT2D eigenvalue weighted by Gasteiger charge is -2.21. The van der Waals surface area contributed by atoms with E-state index in [-0.39, 0.29) is 5.92 Å². The van der Waals surface area contributed by atoms with Crippen LogP contribution in [0.25, 0.3) is 0 Å². The van der Waals surface area contributed by atoms with E-state index in [1.165, 1.54) is 6.92 Å². The number of nitrogen functional groups attached to an aromatic ring is 1. The van der Waals surface area contributed by atoms with E-state index in [0.29, 0.717) is 11.4 Å². The predicted molar refractivity (Wildman–Crippen MR) is 86.9 cm³/mol. The number of carbonyl (C=O) groups excluding carboxylic acids is 1. The quantitative estimate of drug-likeness (QED) is 0.817. The van der Waals surface area contributed by atoms with Crippen molar-refractivity contribution < 1.29 is 13.2 Å². The fraction of sp³-hybridized carbons (Fsp3) is 0.533. The topological polar surface area (TPSA) is 89.3 Å². The number of amides is 1. The van der Waals surface area contributed by atoms with Gasteiger partial charge in [0.05, 0.1) is 5.25 Å². The number of anilines is 2. The zero-order valence-electron chi connectivity index (χ0n) is 13.2. The van der Waals surface area contributed by atoms with Gasteiger partial charge in [0.25, 0.3) is 0 Å². The van der Waals surface area contributed by atoms with Gasteiger partial charge in [-0.2, -0.15) is 0 Å².